The smallest absolute Gasteiger partial charge is 0.310 e. The maximum atomic E-state index is 13.4. The molecule has 1 spiro atoms. The number of hydrogen-bond donors (Lipinski definition) is 0. The van der Waals surface area contributed by atoms with Crippen molar-refractivity contribution in [2.75, 3.05) is 26.2 Å². The van der Waals surface area contributed by atoms with Crippen molar-refractivity contribution in [2.45, 2.75) is 44.7 Å². The molecule has 4 rings (SSSR count). The summed E-state index contributed by atoms with van der Waals surface area (Å²) < 4.78 is 0. The normalized spacial score (nSPS) is 19.1. The number of rotatable bonds is 7. The second-order valence-corrected chi connectivity index (χ2v) is 8.12. The average molecular weight is 408 g/mol. The number of carbonyl (C=O) groups is 2. The number of aryl methyl sites for hydroxylation is 1. The van der Waals surface area contributed by atoms with Crippen molar-refractivity contribution in [3.8, 4) is 0 Å². The Morgan fingerprint density at radius 1 is 1.00 bits per heavy atom. The lowest BCUT2D eigenvalue weighted by Crippen LogP contribution is -2.56. The Labute approximate surface area is 177 Å². The van der Waals surface area contributed by atoms with Crippen molar-refractivity contribution in [2.24, 2.45) is 0 Å². The van der Waals surface area contributed by atoms with Crippen LogP contribution in [0.2, 0.25) is 0 Å². The van der Waals surface area contributed by atoms with Crippen molar-refractivity contribution in [1.82, 2.24) is 24.7 Å². The van der Waals surface area contributed by atoms with Crippen LogP contribution < -0.4 is 0 Å². The molecule has 0 radical (unpaired) electrons. The van der Waals surface area contributed by atoms with E-state index in [1.165, 1.54) is 10.5 Å². The summed E-state index contributed by atoms with van der Waals surface area (Å²) in [6.07, 6.45) is 10.2. The fraction of sp³-hybridized carbons (Fsp3) is 0.478. The van der Waals surface area contributed by atoms with Crippen molar-refractivity contribution < 1.29 is 9.59 Å². The lowest BCUT2D eigenvalue weighted by Gasteiger charge is -2.41. The molecule has 2 aromatic heterocycles. The summed E-state index contributed by atoms with van der Waals surface area (Å²) in [5.74, 6) is -0.0124. The van der Waals surface area contributed by atoms with Gasteiger partial charge >= 0.3 is 6.03 Å². The minimum atomic E-state index is -0.675. The van der Waals surface area contributed by atoms with Gasteiger partial charge in [0, 0.05) is 57.5 Å². The highest BCUT2D eigenvalue weighted by Crippen LogP contribution is 2.37. The highest BCUT2D eigenvalue weighted by atomic mass is 16.2. The predicted molar refractivity (Wildman–Crippen MR) is 114 cm³/mol. The first-order valence-electron chi connectivity index (χ1n) is 10.8. The quantitative estimate of drug-likeness (QED) is 0.660. The van der Waals surface area contributed by atoms with Crippen LogP contribution in [0.4, 0.5) is 4.79 Å². The van der Waals surface area contributed by atoms with Gasteiger partial charge in [-0.15, -0.1) is 0 Å². The van der Waals surface area contributed by atoms with Crippen LogP contribution in [0.25, 0.3) is 0 Å². The molecule has 0 unspecified atom stereocenters. The number of hydrogen-bond acceptors (Lipinski definition) is 5. The number of likely N-dealkylation sites (N-methyl/N-ethyl adjacent to an activating group) is 1. The number of aromatic nitrogens is 2. The van der Waals surface area contributed by atoms with Crippen molar-refractivity contribution in [3.63, 3.8) is 0 Å². The summed E-state index contributed by atoms with van der Waals surface area (Å²) >= 11 is 0. The zero-order chi connectivity index (χ0) is 21.0. The van der Waals surface area contributed by atoms with Gasteiger partial charge in [-0.3, -0.25) is 24.6 Å². The van der Waals surface area contributed by atoms with E-state index in [1.807, 2.05) is 37.5 Å². The van der Waals surface area contributed by atoms with E-state index in [1.54, 1.807) is 17.3 Å². The highest BCUT2D eigenvalue weighted by molar-refractivity contribution is 6.07. The van der Waals surface area contributed by atoms with Crippen LogP contribution >= 0.6 is 0 Å². The van der Waals surface area contributed by atoms with Gasteiger partial charge in [0.25, 0.3) is 5.91 Å². The molecule has 2 aliphatic rings. The molecule has 0 aliphatic carbocycles. The van der Waals surface area contributed by atoms with E-state index in [0.717, 1.165) is 38.0 Å². The number of nitrogens with zero attached hydrogens (tertiary/aromatic N) is 5. The van der Waals surface area contributed by atoms with Gasteiger partial charge in [-0.2, -0.15) is 0 Å². The van der Waals surface area contributed by atoms with Crippen LogP contribution in [0, 0.1) is 0 Å². The summed E-state index contributed by atoms with van der Waals surface area (Å²) in [7, 11) is 0. The Balaban J connectivity index is 1.39. The number of imide groups is 1. The van der Waals surface area contributed by atoms with Crippen molar-refractivity contribution in [3.05, 3.63) is 60.2 Å². The molecule has 2 aliphatic heterocycles. The molecule has 2 fully saturated rings. The molecule has 0 atom stereocenters. The molecular formula is C23H29N5O2. The topological polar surface area (TPSA) is 69.6 Å². The van der Waals surface area contributed by atoms with Crippen molar-refractivity contribution >= 4 is 11.9 Å². The van der Waals surface area contributed by atoms with Gasteiger partial charge in [-0.25, -0.2) is 4.79 Å². The molecule has 158 valence electrons. The first-order chi connectivity index (χ1) is 14.6. The molecule has 7 nitrogen and oxygen atoms in total. The minimum absolute atomic E-state index is 0.0124. The standard InChI is InChI=1S/C23H29N5O2/c1-2-28-22(30)27(13-5-8-19-6-3-11-24-16-19)21(29)23(28)9-14-26(15-10-23)18-20-7-4-12-25-17-20/h3-4,6-7,11-12,16-17H,2,5,8-10,13-15,18H2,1H3. The van der Waals surface area contributed by atoms with Gasteiger partial charge in [0.05, 0.1) is 0 Å². The number of urea groups is 1. The van der Waals surface area contributed by atoms with E-state index in [4.69, 9.17) is 0 Å². The Kier molecular flexibility index (Phi) is 6.08. The molecule has 3 amide bonds. The van der Waals surface area contributed by atoms with Crippen LogP contribution in [0.5, 0.6) is 0 Å². The summed E-state index contributed by atoms with van der Waals surface area (Å²) in [4.78, 5) is 40.4. The number of pyridine rings is 2. The zero-order valence-electron chi connectivity index (χ0n) is 17.5. The summed E-state index contributed by atoms with van der Waals surface area (Å²) in [5, 5.41) is 0. The summed E-state index contributed by atoms with van der Waals surface area (Å²) in [6.45, 7) is 5.42. The van der Waals surface area contributed by atoms with E-state index < -0.39 is 5.54 Å². The van der Waals surface area contributed by atoms with Gasteiger partial charge in [0.1, 0.15) is 5.54 Å². The first kappa shape index (κ1) is 20.5. The maximum Gasteiger partial charge on any atom is 0.327 e. The molecule has 2 saturated heterocycles. The average Bonchev–Trinajstić information content (AvgIpc) is 2.97. The molecule has 0 aromatic carbocycles. The number of likely N-dealkylation sites (tertiary alicyclic amines) is 1. The number of amides is 3. The van der Waals surface area contributed by atoms with E-state index in [-0.39, 0.29) is 11.9 Å². The largest absolute Gasteiger partial charge is 0.327 e. The lowest BCUT2D eigenvalue weighted by molar-refractivity contribution is -0.135. The van der Waals surface area contributed by atoms with Gasteiger partial charge in [0.15, 0.2) is 0 Å². The lowest BCUT2D eigenvalue weighted by atomic mass is 9.85. The van der Waals surface area contributed by atoms with Crippen molar-refractivity contribution in [1.29, 1.82) is 0 Å². The molecule has 0 bridgehead atoms. The van der Waals surface area contributed by atoms with Crippen LogP contribution in [0.3, 0.4) is 0 Å². The third-order valence-corrected chi connectivity index (χ3v) is 6.32. The highest BCUT2D eigenvalue weighted by Gasteiger charge is 2.57. The van der Waals surface area contributed by atoms with Crippen LogP contribution in [0.15, 0.2) is 49.1 Å². The fourth-order valence-corrected chi connectivity index (χ4v) is 4.72. The molecule has 4 heterocycles. The molecule has 0 N–H and O–H groups in total. The van der Waals surface area contributed by atoms with E-state index >= 15 is 0 Å². The molecular weight excluding hydrogens is 378 g/mol. The second kappa shape index (κ2) is 8.92. The second-order valence-electron chi connectivity index (χ2n) is 8.12. The van der Waals surface area contributed by atoms with E-state index in [9.17, 15) is 9.59 Å². The van der Waals surface area contributed by atoms with Gasteiger partial charge in [-0.1, -0.05) is 12.1 Å². The summed E-state index contributed by atoms with van der Waals surface area (Å²) in [6, 6.07) is 7.83. The van der Waals surface area contributed by atoms with E-state index in [0.29, 0.717) is 25.9 Å². The van der Waals surface area contributed by atoms with Gasteiger partial charge in [0.2, 0.25) is 0 Å². The molecule has 0 saturated carbocycles. The zero-order valence-corrected chi connectivity index (χ0v) is 17.5. The van der Waals surface area contributed by atoms with Gasteiger partial charge < -0.3 is 4.90 Å². The third kappa shape index (κ3) is 3.94. The fourth-order valence-electron chi connectivity index (χ4n) is 4.72. The Morgan fingerprint density at radius 3 is 2.27 bits per heavy atom. The molecule has 2 aromatic rings. The first-order valence-corrected chi connectivity index (χ1v) is 10.8. The predicted octanol–water partition coefficient (Wildman–Crippen LogP) is 2.73. The molecule has 30 heavy (non-hydrogen) atoms. The summed E-state index contributed by atoms with van der Waals surface area (Å²) in [5.41, 5.74) is 1.62. The van der Waals surface area contributed by atoms with Crippen LogP contribution in [-0.4, -0.2) is 68.3 Å². The van der Waals surface area contributed by atoms with Gasteiger partial charge in [-0.05, 0) is 55.9 Å². The number of carbonyl (C=O) groups excluding carboxylic acids is 2. The Bertz CT molecular complexity index is 866. The van der Waals surface area contributed by atoms with Crippen LogP contribution in [-0.2, 0) is 17.8 Å². The molecule has 7 heteroatoms. The Morgan fingerprint density at radius 2 is 1.67 bits per heavy atom. The minimum Gasteiger partial charge on any atom is -0.310 e. The van der Waals surface area contributed by atoms with E-state index in [2.05, 4.69) is 20.9 Å². The van der Waals surface area contributed by atoms with Crippen LogP contribution in [0.1, 0.15) is 37.3 Å². The SMILES string of the molecule is CCN1C(=O)N(CCCc2cccnc2)C(=O)C12CCN(Cc1cccnc1)CC2. The monoisotopic (exact) mass is 407 g/mol. The third-order valence-electron chi connectivity index (χ3n) is 6.32. The maximum absolute atomic E-state index is 13.4. The Hall–Kier alpha value is -2.80. The number of piperidine rings is 1.